The van der Waals surface area contributed by atoms with Gasteiger partial charge in [-0.05, 0) is 35.7 Å². The molecule has 6 N–H and O–H groups in total. The first-order valence-corrected chi connectivity index (χ1v) is 12.9. The number of primary amides is 1. The van der Waals surface area contributed by atoms with Crippen molar-refractivity contribution in [1.29, 1.82) is 0 Å². The molecule has 10 heteroatoms. The van der Waals surface area contributed by atoms with Crippen LogP contribution >= 0.6 is 0 Å². The summed E-state index contributed by atoms with van der Waals surface area (Å²) in [6.45, 7) is 2.23. The Bertz CT molecular complexity index is 1340. The Balaban J connectivity index is 1.40. The molecule has 1 unspecified atom stereocenters. The van der Waals surface area contributed by atoms with E-state index in [9.17, 15) is 24.3 Å². The van der Waals surface area contributed by atoms with Gasteiger partial charge in [-0.25, -0.2) is 0 Å². The summed E-state index contributed by atoms with van der Waals surface area (Å²) in [5.41, 5.74) is 8.96. The number of nitrogens with two attached hydrogens (primary N) is 1. The van der Waals surface area contributed by atoms with Crippen molar-refractivity contribution < 1.29 is 29.0 Å². The number of hydrogen-bond acceptors (Lipinski definition) is 6. The molecule has 4 atom stereocenters. The van der Waals surface area contributed by atoms with Crippen molar-refractivity contribution in [3.63, 3.8) is 0 Å². The highest BCUT2D eigenvalue weighted by atomic mass is 16.6. The molecule has 1 saturated heterocycles. The predicted molar refractivity (Wildman–Crippen MR) is 147 cm³/mol. The molecule has 208 valence electrons. The third kappa shape index (κ3) is 7.90. The lowest BCUT2D eigenvalue weighted by atomic mass is 10.0. The fourth-order valence-corrected chi connectivity index (χ4v) is 4.18. The van der Waals surface area contributed by atoms with E-state index < -0.39 is 47.9 Å². The maximum atomic E-state index is 13.3. The number of rotatable bonds is 12. The number of aryl methyl sites for hydroxylation is 1. The Morgan fingerprint density at radius 1 is 0.775 bits per heavy atom. The monoisotopic (exact) mass is 544 g/mol. The second-order valence-corrected chi connectivity index (χ2v) is 9.77. The quantitative estimate of drug-likeness (QED) is 0.214. The molecule has 0 aromatic heterocycles. The second-order valence-electron chi connectivity index (χ2n) is 9.77. The summed E-state index contributed by atoms with van der Waals surface area (Å²) < 4.78 is 5.33. The van der Waals surface area contributed by atoms with E-state index in [-0.39, 0.29) is 18.6 Å². The number of aromatic hydroxyl groups is 1. The Kier molecular flexibility index (Phi) is 9.13. The largest absolute Gasteiger partial charge is 0.508 e. The minimum absolute atomic E-state index is 0.0682. The Labute approximate surface area is 231 Å². The third-order valence-electron chi connectivity index (χ3n) is 6.55. The van der Waals surface area contributed by atoms with Crippen molar-refractivity contribution in [3.05, 3.63) is 101 Å². The number of ether oxygens (including phenoxy) is 1. The number of hydrogen-bond donors (Lipinski definition) is 5. The normalized spacial score (nSPS) is 17.2. The summed E-state index contributed by atoms with van der Waals surface area (Å²) in [7, 11) is 0. The van der Waals surface area contributed by atoms with Crippen LogP contribution in [0.25, 0.3) is 0 Å². The highest BCUT2D eigenvalue weighted by molar-refractivity contribution is 5.97. The molecule has 0 aliphatic carbocycles. The number of phenolic OH excluding ortho intramolecular Hbond substituents is 1. The number of benzene rings is 3. The zero-order chi connectivity index (χ0) is 28.6. The van der Waals surface area contributed by atoms with Crippen LogP contribution in [0.5, 0.6) is 5.75 Å². The van der Waals surface area contributed by atoms with Gasteiger partial charge in [0.2, 0.25) is 11.8 Å². The summed E-state index contributed by atoms with van der Waals surface area (Å²) in [4.78, 5) is 51.0. The molecule has 4 amide bonds. The molecule has 3 aromatic rings. The van der Waals surface area contributed by atoms with Gasteiger partial charge in [-0.2, -0.15) is 0 Å². The van der Waals surface area contributed by atoms with Crippen LogP contribution in [0.2, 0.25) is 0 Å². The smallest absolute Gasteiger partial charge is 0.253 e. The highest BCUT2D eigenvalue weighted by Crippen LogP contribution is 2.23. The zero-order valence-corrected chi connectivity index (χ0v) is 22.0. The number of phenols is 1. The molecule has 0 saturated carbocycles. The fraction of sp³-hybridized carbons (Fsp3) is 0.267. The van der Waals surface area contributed by atoms with Gasteiger partial charge in [0.25, 0.3) is 11.8 Å². The number of nitrogens with one attached hydrogen (secondary N) is 3. The van der Waals surface area contributed by atoms with Gasteiger partial charge < -0.3 is 31.5 Å². The Morgan fingerprint density at radius 3 is 1.98 bits per heavy atom. The first-order valence-electron chi connectivity index (χ1n) is 12.9. The van der Waals surface area contributed by atoms with Crippen LogP contribution in [0.4, 0.5) is 0 Å². The van der Waals surface area contributed by atoms with Crippen molar-refractivity contribution in [2.24, 2.45) is 5.73 Å². The summed E-state index contributed by atoms with van der Waals surface area (Å²) in [6.07, 6.45) is -1.75. The second kappa shape index (κ2) is 12.9. The molecular weight excluding hydrogens is 512 g/mol. The maximum absolute atomic E-state index is 13.3. The number of epoxide rings is 1. The van der Waals surface area contributed by atoms with E-state index in [4.69, 9.17) is 10.5 Å². The summed E-state index contributed by atoms with van der Waals surface area (Å²) >= 11 is 0. The van der Waals surface area contributed by atoms with Gasteiger partial charge in [0.1, 0.15) is 17.8 Å². The highest BCUT2D eigenvalue weighted by Gasteiger charge is 2.51. The van der Waals surface area contributed by atoms with Gasteiger partial charge in [0.05, 0.1) is 0 Å². The topological polar surface area (TPSA) is 163 Å². The average Bonchev–Trinajstić information content (AvgIpc) is 3.75. The SMILES string of the molecule is Cc1ccc(C[C@H](NC(=O)[C@H]2OC2C(=O)NCc2ccccc2)C(=O)N[C@@H](Cc2ccc(O)cc2)C(N)=O)cc1. The van der Waals surface area contributed by atoms with Gasteiger partial charge in [0, 0.05) is 19.4 Å². The lowest BCUT2D eigenvalue weighted by molar-refractivity contribution is -0.131. The lowest BCUT2D eigenvalue weighted by Crippen LogP contribution is -2.55. The van der Waals surface area contributed by atoms with Crippen molar-refractivity contribution in [1.82, 2.24) is 16.0 Å². The molecule has 40 heavy (non-hydrogen) atoms. The van der Waals surface area contributed by atoms with Crippen molar-refractivity contribution >= 4 is 23.6 Å². The molecule has 4 rings (SSSR count). The van der Waals surface area contributed by atoms with Crippen LogP contribution < -0.4 is 21.7 Å². The van der Waals surface area contributed by atoms with E-state index in [2.05, 4.69) is 16.0 Å². The fourth-order valence-electron chi connectivity index (χ4n) is 4.18. The first kappa shape index (κ1) is 28.3. The van der Waals surface area contributed by atoms with Gasteiger partial charge >= 0.3 is 0 Å². The van der Waals surface area contributed by atoms with Crippen LogP contribution in [0.3, 0.4) is 0 Å². The zero-order valence-electron chi connectivity index (χ0n) is 22.0. The van der Waals surface area contributed by atoms with Gasteiger partial charge in [-0.15, -0.1) is 0 Å². The molecular formula is C30H32N4O6. The van der Waals surface area contributed by atoms with E-state index >= 15 is 0 Å². The van der Waals surface area contributed by atoms with Crippen LogP contribution in [-0.2, 0) is 43.3 Å². The summed E-state index contributed by atoms with van der Waals surface area (Å²) in [6, 6.07) is 20.9. The third-order valence-corrected chi connectivity index (χ3v) is 6.55. The number of amides is 4. The van der Waals surface area contributed by atoms with E-state index in [1.54, 1.807) is 12.1 Å². The standard InChI is InChI=1S/C30H32N4O6/c1-18-7-9-19(10-8-18)16-24(28(37)33-23(27(31)36)15-20-11-13-22(35)14-12-20)34-30(39)26-25(40-26)29(38)32-17-21-5-3-2-4-6-21/h2-14,23-26,35H,15-17H2,1H3,(H2,31,36)(H,32,38)(H,33,37)(H,34,39)/t23-,24-,25?,26-/m0/s1. The van der Waals surface area contributed by atoms with Crippen LogP contribution in [0.1, 0.15) is 22.3 Å². The number of carbonyl (C=O) groups is 4. The van der Waals surface area contributed by atoms with E-state index in [1.807, 2.05) is 61.5 Å². The molecule has 0 spiro atoms. The van der Waals surface area contributed by atoms with E-state index in [0.29, 0.717) is 12.1 Å². The van der Waals surface area contributed by atoms with Crippen molar-refractivity contribution in [3.8, 4) is 5.75 Å². The molecule has 3 aromatic carbocycles. The maximum Gasteiger partial charge on any atom is 0.253 e. The van der Waals surface area contributed by atoms with Crippen molar-refractivity contribution in [2.45, 2.75) is 50.6 Å². The molecule has 0 radical (unpaired) electrons. The molecule has 1 aliphatic heterocycles. The van der Waals surface area contributed by atoms with E-state index in [0.717, 1.165) is 16.7 Å². The van der Waals surface area contributed by atoms with E-state index in [1.165, 1.54) is 12.1 Å². The van der Waals surface area contributed by atoms with Crippen LogP contribution in [0, 0.1) is 6.92 Å². The van der Waals surface area contributed by atoms with Gasteiger partial charge in [-0.1, -0.05) is 72.3 Å². The number of carbonyl (C=O) groups excluding carboxylic acids is 4. The lowest BCUT2D eigenvalue weighted by Gasteiger charge is -2.22. The van der Waals surface area contributed by atoms with Gasteiger partial charge in [0.15, 0.2) is 12.2 Å². The van der Waals surface area contributed by atoms with Crippen LogP contribution in [0.15, 0.2) is 78.9 Å². The minimum Gasteiger partial charge on any atom is -0.508 e. The Morgan fingerprint density at radius 2 is 1.35 bits per heavy atom. The molecule has 1 aliphatic rings. The predicted octanol–water partition coefficient (Wildman–Crippen LogP) is 1.02. The Hall–Kier alpha value is -4.70. The molecule has 1 fully saturated rings. The minimum atomic E-state index is -1.06. The van der Waals surface area contributed by atoms with Crippen LogP contribution in [-0.4, -0.2) is 53.0 Å². The average molecular weight is 545 g/mol. The molecule has 1 heterocycles. The van der Waals surface area contributed by atoms with Gasteiger partial charge in [-0.3, -0.25) is 19.2 Å². The first-order chi connectivity index (χ1) is 19.2. The summed E-state index contributed by atoms with van der Waals surface area (Å²) in [5.74, 6) is -2.32. The molecule has 10 nitrogen and oxygen atoms in total. The summed E-state index contributed by atoms with van der Waals surface area (Å²) in [5, 5.41) is 17.6. The van der Waals surface area contributed by atoms with Crippen molar-refractivity contribution in [2.75, 3.05) is 0 Å². The molecule has 0 bridgehead atoms.